The third-order valence-corrected chi connectivity index (χ3v) is 5.12. The number of aryl methyl sites for hydroxylation is 2. The molecule has 2 aromatic rings. The summed E-state index contributed by atoms with van der Waals surface area (Å²) in [4.78, 5) is 10.0. The minimum absolute atomic E-state index is 0.00531. The zero-order valence-corrected chi connectivity index (χ0v) is 15.9. The van der Waals surface area contributed by atoms with Crippen molar-refractivity contribution in [2.75, 3.05) is 7.05 Å². The highest BCUT2D eigenvalue weighted by atomic mass is 35.5. The highest BCUT2D eigenvalue weighted by Gasteiger charge is 2.12. The number of nitrogens with one attached hydrogen (secondary N) is 2. The molecule has 7 heteroatoms. The van der Waals surface area contributed by atoms with Gasteiger partial charge in [-0.3, -0.25) is 4.99 Å². The first kappa shape index (κ1) is 18.0. The van der Waals surface area contributed by atoms with Crippen LogP contribution in [0, 0.1) is 13.8 Å². The second-order valence-electron chi connectivity index (χ2n) is 5.21. The molecule has 0 bridgehead atoms. The van der Waals surface area contributed by atoms with Gasteiger partial charge >= 0.3 is 0 Å². The van der Waals surface area contributed by atoms with E-state index in [0.29, 0.717) is 22.5 Å². The van der Waals surface area contributed by atoms with Gasteiger partial charge in [-0.2, -0.15) is 0 Å². The van der Waals surface area contributed by atoms with Gasteiger partial charge in [0.25, 0.3) is 0 Å². The fourth-order valence-electron chi connectivity index (χ4n) is 2.10. The molecule has 0 aliphatic rings. The molecule has 0 fully saturated rings. The van der Waals surface area contributed by atoms with Crippen molar-refractivity contribution in [3.8, 4) is 0 Å². The molecule has 1 aromatic heterocycles. The maximum absolute atomic E-state index is 6.25. The minimum Gasteiger partial charge on any atom is -0.350 e. The van der Waals surface area contributed by atoms with Crippen LogP contribution in [-0.2, 0) is 6.54 Å². The molecule has 0 saturated heterocycles. The minimum atomic E-state index is 0.00531. The molecule has 1 aromatic carbocycles. The van der Waals surface area contributed by atoms with Crippen molar-refractivity contribution in [2.45, 2.75) is 33.4 Å². The van der Waals surface area contributed by atoms with Crippen LogP contribution in [0.5, 0.6) is 0 Å². The standard InChI is InChI=1S/C16H20Cl2N4S/c1-9-11(3)23-15(21-9)8-20-16(19-4)22-10(2)13-6-5-12(17)7-14(13)18/h5-7,10H,8H2,1-4H3,(H2,19,20,22). The molecule has 0 aliphatic heterocycles. The fourth-order valence-corrected chi connectivity index (χ4v) is 3.55. The Morgan fingerprint density at radius 2 is 2.09 bits per heavy atom. The Morgan fingerprint density at radius 3 is 2.65 bits per heavy atom. The number of benzene rings is 1. The Hall–Kier alpha value is -1.30. The molecule has 0 amide bonds. The summed E-state index contributed by atoms with van der Waals surface area (Å²) in [5, 5.41) is 8.91. The second kappa shape index (κ2) is 7.99. The Kier molecular flexibility index (Phi) is 6.27. The lowest BCUT2D eigenvalue weighted by atomic mass is 10.1. The number of thiazole rings is 1. The molecular weight excluding hydrogens is 351 g/mol. The average Bonchev–Trinajstić information content (AvgIpc) is 2.81. The van der Waals surface area contributed by atoms with Crippen molar-refractivity contribution >= 4 is 40.5 Å². The van der Waals surface area contributed by atoms with E-state index >= 15 is 0 Å². The van der Waals surface area contributed by atoms with Gasteiger partial charge in [0, 0.05) is 22.0 Å². The van der Waals surface area contributed by atoms with Gasteiger partial charge in [0.1, 0.15) is 5.01 Å². The Morgan fingerprint density at radius 1 is 1.35 bits per heavy atom. The summed E-state index contributed by atoms with van der Waals surface area (Å²) in [5.41, 5.74) is 2.05. The lowest BCUT2D eigenvalue weighted by Crippen LogP contribution is -2.38. The van der Waals surface area contributed by atoms with Crippen LogP contribution in [-0.4, -0.2) is 18.0 Å². The number of halogens is 2. The van der Waals surface area contributed by atoms with Gasteiger partial charge in [0.2, 0.25) is 0 Å². The van der Waals surface area contributed by atoms with E-state index in [1.165, 1.54) is 4.88 Å². The van der Waals surface area contributed by atoms with Gasteiger partial charge in [0.15, 0.2) is 5.96 Å². The van der Waals surface area contributed by atoms with Gasteiger partial charge in [-0.05, 0) is 38.5 Å². The summed E-state index contributed by atoms with van der Waals surface area (Å²) < 4.78 is 0. The van der Waals surface area contributed by atoms with Crippen LogP contribution >= 0.6 is 34.5 Å². The van der Waals surface area contributed by atoms with E-state index in [0.717, 1.165) is 16.3 Å². The third-order valence-electron chi connectivity index (χ3n) is 3.49. The Balaban J connectivity index is 1.98. The van der Waals surface area contributed by atoms with E-state index in [1.807, 2.05) is 26.0 Å². The van der Waals surface area contributed by atoms with E-state index in [1.54, 1.807) is 24.5 Å². The Bertz CT molecular complexity index is 693. The quantitative estimate of drug-likeness (QED) is 0.615. The van der Waals surface area contributed by atoms with E-state index < -0.39 is 0 Å². The Labute approximate surface area is 151 Å². The van der Waals surface area contributed by atoms with E-state index in [4.69, 9.17) is 23.2 Å². The van der Waals surface area contributed by atoms with Crippen molar-refractivity contribution in [1.29, 1.82) is 0 Å². The summed E-state index contributed by atoms with van der Waals surface area (Å²) in [6.45, 7) is 6.76. The summed E-state index contributed by atoms with van der Waals surface area (Å²) in [7, 11) is 1.74. The van der Waals surface area contributed by atoms with E-state index in [9.17, 15) is 0 Å². The highest BCUT2D eigenvalue weighted by molar-refractivity contribution is 7.11. The van der Waals surface area contributed by atoms with E-state index in [-0.39, 0.29) is 6.04 Å². The van der Waals surface area contributed by atoms with Crippen molar-refractivity contribution in [1.82, 2.24) is 15.6 Å². The number of aromatic nitrogens is 1. The van der Waals surface area contributed by atoms with Crippen LogP contribution in [0.15, 0.2) is 23.2 Å². The normalized spacial score (nSPS) is 13.0. The van der Waals surface area contributed by atoms with Crippen LogP contribution in [0.4, 0.5) is 0 Å². The van der Waals surface area contributed by atoms with Gasteiger partial charge < -0.3 is 10.6 Å². The number of hydrogen-bond donors (Lipinski definition) is 2. The zero-order chi connectivity index (χ0) is 17.0. The molecule has 0 spiro atoms. The SMILES string of the molecule is CN=C(NCc1nc(C)c(C)s1)NC(C)c1ccc(Cl)cc1Cl. The predicted octanol–water partition coefficient (Wildman–Crippen LogP) is 4.49. The molecule has 23 heavy (non-hydrogen) atoms. The van der Waals surface area contributed by atoms with Gasteiger partial charge in [-0.25, -0.2) is 4.98 Å². The molecule has 1 atom stereocenters. The van der Waals surface area contributed by atoms with Crippen LogP contribution in [0.1, 0.15) is 34.1 Å². The van der Waals surface area contributed by atoms with Crippen LogP contribution in [0.3, 0.4) is 0 Å². The molecule has 1 heterocycles. The monoisotopic (exact) mass is 370 g/mol. The molecule has 1 unspecified atom stereocenters. The lowest BCUT2D eigenvalue weighted by molar-refractivity contribution is 0.685. The van der Waals surface area contributed by atoms with Crippen LogP contribution in [0.25, 0.3) is 0 Å². The van der Waals surface area contributed by atoms with E-state index in [2.05, 4.69) is 27.5 Å². The molecule has 2 N–H and O–H groups in total. The number of rotatable bonds is 4. The molecule has 4 nitrogen and oxygen atoms in total. The molecule has 0 aliphatic carbocycles. The average molecular weight is 371 g/mol. The first-order valence-corrected chi connectivity index (χ1v) is 8.83. The molecule has 2 rings (SSSR count). The number of aliphatic imine (C=N–C) groups is 1. The van der Waals surface area contributed by atoms with Gasteiger partial charge in [0.05, 0.1) is 18.3 Å². The van der Waals surface area contributed by atoms with Crippen molar-refractivity contribution in [3.05, 3.63) is 49.4 Å². The molecule has 0 radical (unpaired) electrons. The van der Waals surface area contributed by atoms with Gasteiger partial charge in [-0.1, -0.05) is 29.3 Å². The lowest BCUT2D eigenvalue weighted by Gasteiger charge is -2.19. The fraction of sp³-hybridized carbons (Fsp3) is 0.375. The summed E-state index contributed by atoms with van der Waals surface area (Å²) in [6, 6.07) is 5.50. The van der Waals surface area contributed by atoms with Crippen molar-refractivity contribution < 1.29 is 0 Å². The third kappa shape index (κ3) is 4.83. The van der Waals surface area contributed by atoms with Crippen molar-refractivity contribution in [2.24, 2.45) is 4.99 Å². The largest absolute Gasteiger partial charge is 0.350 e. The molecule has 0 saturated carbocycles. The first-order valence-electron chi connectivity index (χ1n) is 7.25. The smallest absolute Gasteiger partial charge is 0.191 e. The number of hydrogen-bond acceptors (Lipinski definition) is 3. The number of guanidine groups is 1. The zero-order valence-electron chi connectivity index (χ0n) is 13.6. The summed E-state index contributed by atoms with van der Waals surface area (Å²) >= 11 is 13.9. The highest BCUT2D eigenvalue weighted by Crippen LogP contribution is 2.26. The maximum atomic E-state index is 6.25. The van der Waals surface area contributed by atoms with Gasteiger partial charge in [-0.15, -0.1) is 11.3 Å². The molecular formula is C16H20Cl2N4S. The number of nitrogens with zero attached hydrogens (tertiary/aromatic N) is 2. The topological polar surface area (TPSA) is 49.3 Å². The second-order valence-corrected chi connectivity index (χ2v) is 7.34. The summed E-state index contributed by atoms with van der Waals surface area (Å²) in [6.07, 6.45) is 0. The predicted molar refractivity (Wildman–Crippen MR) is 99.8 cm³/mol. The molecule has 124 valence electrons. The first-order chi connectivity index (χ1) is 10.9. The maximum Gasteiger partial charge on any atom is 0.191 e. The summed E-state index contributed by atoms with van der Waals surface area (Å²) in [5.74, 6) is 0.703. The van der Waals surface area contributed by atoms with Crippen LogP contribution < -0.4 is 10.6 Å². The van der Waals surface area contributed by atoms with Crippen LogP contribution in [0.2, 0.25) is 10.0 Å². The van der Waals surface area contributed by atoms with Crippen molar-refractivity contribution in [3.63, 3.8) is 0 Å².